The van der Waals surface area contributed by atoms with Crippen LogP contribution < -0.4 is 32.3 Å². The molecule has 0 fully saturated rings. The zero-order valence-electron chi connectivity index (χ0n) is 63.7. The summed E-state index contributed by atoms with van der Waals surface area (Å²) >= 11 is 7.67. The average molecular weight is 1600 g/mol. The number of esters is 2. The molecular formula is C67H100N14O19S6. The lowest BCUT2D eigenvalue weighted by Crippen LogP contribution is -2.27. The minimum Gasteiger partial charge on any atom is -0.481 e. The molecule has 0 saturated heterocycles. The first kappa shape index (κ1) is 94.7. The van der Waals surface area contributed by atoms with Crippen LogP contribution in [0.25, 0.3) is 6.08 Å². The number of hydrogen-bond donors (Lipinski definition) is 7. The summed E-state index contributed by atoms with van der Waals surface area (Å²) in [5.41, 5.74) is 2.70. The summed E-state index contributed by atoms with van der Waals surface area (Å²) in [4.78, 5) is 155. The Kier molecular flexibility index (Phi) is 41.6. The van der Waals surface area contributed by atoms with Crippen molar-refractivity contribution in [1.82, 2.24) is 39.7 Å². The van der Waals surface area contributed by atoms with Crippen molar-refractivity contribution in [2.45, 2.75) is 197 Å². The third-order valence-electron chi connectivity index (χ3n) is 10.7. The molecule has 6 aromatic heterocycles. The van der Waals surface area contributed by atoms with Crippen LogP contribution in [0.2, 0.25) is 0 Å². The Morgan fingerprint density at radius 1 is 0.425 bits per heavy atom. The topological polar surface area (TPSA) is 443 Å². The van der Waals surface area contributed by atoms with Crippen molar-refractivity contribution in [2.24, 2.45) is 0 Å². The van der Waals surface area contributed by atoms with Crippen LogP contribution in [0.5, 0.6) is 0 Å². The van der Waals surface area contributed by atoms with Gasteiger partial charge in [-0.1, -0.05) is 22.7 Å². The SMILES string of the molecule is CC(C)(C)OC(=O)Nc1ncc(C=O)s1.CC(C)(C)OC(=O)Nc1ncc(CCC(=O)O)s1.CCOC(=O)/C=C/c1cnc(NC(=O)OC(C)(C)C)s1.CCOC(=O)CCc1cnc(NC(=O)OC(C)(C)C)s1.CN(C)C(=O)CCc1cnc(N)s1.CN(C)C(=O)CCc1cnc(NC(=O)OC(C)(C)C)s1. The highest BCUT2D eigenvalue weighted by Crippen LogP contribution is 2.26. The second-order valence-electron chi connectivity index (χ2n) is 26.8. The molecule has 0 radical (unpaired) electrons. The van der Waals surface area contributed by atoms with Gasteiger partial charge in [0.15, 0.2) is 37.1 Å². The van der Waals surface area contributed by atoms with E-state index in [0.29, 0.717) is 93.7 Å². The number of carboxylic acids is 1. The largest absolute Gasteiger partial charge is 0.481 e. The van der Waals surface area contributed by atoms with Crippen LogP contribution in [0.15, 0.2) is 43.3 Å². The van der Waals surface area contributed by atoms with Gasteiger partial charge in [-0.3, -0.25) is 50.6 Å². The number of ether oxygens (including phenoxy) is 7. The number of thiazole rings is 6. The van der Waals surface area contributed by atoms with E-state index in [2.05, 4.69) is 56.5 Å². The Bertz CT molecular complexity index is 3780. The molecule has 6 aromatic rings. The molecule has 0 unspecified atom stereocenters. The molecule has 0 spiro atoms. The summed E-state index contributed by atoms with van der Waals surface area (Å²) in [6.45, 7) is 30.9. The number of aldehydes is 1. The van der Waals surface area contributed by atoms with Gasteiger partial charge in [-0.05, 0) is 149 Å². The molecule has 6 rings (SSSR count). The molecule has 106 heavy (non-hydrogen) atoms. The quantitative estimate of drug-likeness (QED) is 0.0144. The van der Waals surface area contributed by atoms with E-state index in [4.69, 9.17) is 44.0 Å². The molecule has 6 heterocycles. The van der Waals surface area contributed by atoms with Gasteiger partial charge < -0.3 is 53.8 Å². The predicted octanol–water partition coefficient (Wildman–Crippen LogP) is 14.1. The molecule has 39 heteroatoms. The first-order valence-electron chi connectivity index (χ1n) is 32.6. The predicted molar refractivity (Wildman–Crippen MR) is 412 cm³/mol. The van der Waals surface area contributed by atoms with Crippen molar-refractivity contribution in [1.29, 1.82) is 0 Å². The number of nitrogens with two attached hydrogens (primary N) is 1. The van der Waals surface area contributed by atoms with Crippen LogP contribution in [0, 0.1) is 0 Å². The minimum absolute atomic E-state index is 0.0497. The van der Waals surface area contributed by atoms with Crippen LogP contribution in [0.3, 0.4) is 0 Å². The highest BCUT2D eigenvalue weighted by Gasteiger charge is 2.23. The van der Waals surface area contributed by atoms with Crippen molar-refractivity contribution < 1.29 is 91.0 Å². The molecule has 0 aliphatic rings. The van der Waals surface area contributed by atoms with Crippen molar-refractivity contribution in [3.8, 4) is 0 Å². The van der Waals surface area contributed by atoms with E-state index < -0.39 is 70.4 Å². The van der Waals surface area contributed by atoms with Crippen molar-refractivity contribution in [3.05, 3.63) is 72.5 Å². The van der Waals surface area contributed by atoms with Gasteiger partial charge in [0.25, 0.3) is 0 Å². The van der Waals surface area contributed by atoms with Gasteiger partial charge in [-0.2, -0.15) is 0 Å². The highest BCUT2D eigenvalue weighted by atomic mass is 32.1. The van der Waals surface area contributed by atoms with Gasteiger partial charge in [0.1, 0.15) is 28.0 Å². The summed E-state index contributed by atoms with van der Waals surface area (Å²) < 4.78 is 35.1. The molecule has 7 amide bonds. The third-order valence-corrected chi connectivity index (χ3v) is 16.3. The van der Waals surface area contributed by atoms with Crippen LogP contribution >= 0.6 is 68.0 Å². The number of nitrogen functional groups attached to an aromatic ring is 1. The number of carboxylic acid groups (broad SMARTS) is 1. The van der Waals surface area contributed by atoms with Crippen LogP contribution in [0.4, 0.5) is 54.8 Å². The maximum absolute atomic E-state index is 11.6. The zero-order valence-corrected chi connectivity index (χ0v) is 68.6. The van der Waals surface area contributed by atoms with Crippen molar-refractivity contribution >= 4 is 171 Å². The average Bonchev–Trinajstić information content (AvgIpc) is 1.72. The number of rotatable bonds is 22. The molecule has 588 valence electrons. The number of anilines is 6. The molecule has 0 aliphatic carbocycles. The van der Waals surface area contributed by atoms with E-state index in [1.807, 2.05) is 0 Å². The molecule has 0 saturated carbocycles. The molecule has 0 atom stereocenters. The van der Waals surface area contributed by atoms with Gasteiger partial charge in [0.05, 0.1) is 37.1 Å². The van der Waals surface area contributed by atoms with Gasteiger partial charge >= 0.3 is 48.4 Å². The number of amides is 7. The molecule has 0 aliphatic heterocycles. The number of aliphatic carboxylic acids is 1. The van der Waals surface area contributed by atoms with Gasteiger partial charge in [0.2, 0.25) is 11.8 Å². The number of nitrogens with one attached hydrogen (secondary N) is 5. The number of aryl methyl sites for hydroxylation is 4. The summed E-state index contributed by atoms with van der Waals surface area (Å²) in [5.74, 6) is -1.30. The zero-order chi connectivity index (χ0) is 80.8. The van der Waals surface area contributed by atoms with E-state index in [1.165, 1.54) is 69.0 Å². The number of nitrogens with zero attached hydrogens (tertiary/aromatic N) is 8. The Labute approximate surface area is 641 Å². The lowest BCUT2D eigenvalue weighted by atomic mass is 10.2. The molecule has 8 N–H and O–H groups in total. The highest BCUT2D eigenvalue weighted by molar-refractivity contribution is 7.18. The van der Waals surface area contributed by atoms with Crippen LogP contribution in [-0.4, -0.2) is 181 Å². The standard InChI is InChI=1S/C13H21N3O3S.C13H20N2O4S.C13H18N2O4S.C11H16N2O4S.C9H12N2O3S.C8H13N3OS/c1-13(2,3)19-12(18)15-11-14-8-9(20-11)6-7-10(17)16(4)5;2*1-5-18-10(16)7-6-9-8-14-11(20-9)15-12(17)19-13(2,3)4;1-11(2,3)17-10(16)13-9-12-6-7(18-9)4-5-8(14)15;1-9(2,3)14-8(13)11-7-10-4-6(5-12)15-7;1-11(2)7(12)4-3-6-5-10-8(9)13-6/h8H,6-7H2,1-5H3,(H,14,15,18);8H,5-7H2,1-4H3,(H,14,15,17);6-8H,5H2,1-4H3,(H,14,15,17);6H,4-5H2,1-3H3,(H,14,15)(H,12,13,16);4-5H,1-3H3,(H,10,11,13);5H,3-4H2,1-2H3,(H2,9,10)/b;;7-6+;;;. The van der Waals surface area contributed by atoms with Crippen LogP contribution in [-0.2, 0) is 82.8 Å². The molecule has 0 bridgehead atoms. The first-order valence-corrected chi connectivity index (χ1v) is 37.5. The van der Waals surface area contributed by atoms with Gasteiger partial charge in [0, 0.05) is 102 Å². The molecular weight excluding hydrogens is 1500 g/mol. The van der Waals surface area contributed by atoms with Gasteiger partial charge in [-0.25, -0.2) is 58.7 Å². The third kappa shape index (κ3) is 48.7. The minimum atomic E-state index is -0.856. The normalized spacial score (nSPS) is 11.0. The monoisotopic (exact) mass is 1600 g/mol. The Morgan fingerprint density at radius 3 is 1.01 bits per heavy atom. The first-order chi connectivity index (χ1) is 49.0. The maximum atomic E-state index is 11.6. The Balaban J connectivity index is 0.000000640. The summed E-state index contributed by atoms with van der Waals surface area (Å²) in [7, 11) is 6.96. The van der Waals surface area contributed by atoms with E-state index in [-0.39, 0.29) is 24.2 Å². The number of carbonyl (C=O) groups excluding carboxylic acids is 10. The van der Waals surface area contributed by atoms with Crippen LogP contribution in [0.1, 0.15) is 177 Å². The number of aromatic nitrogens is 6. The van der Waals surface area contributed by atoms with E-state index in [0.717, 1.165) is 42.1 Å². The fourth-order valence-corrected chi connectivity index (χ4v) is 11.0. The lowest BCUT2D eigenvalue weighted by molar-refractivity contribution is -0.143. The van der Waals surface area contributed by atoms with E-state index >= 15 is 0 Å². The van der Waals surface area contributed by atoms with E-state index in [9.17, 15) is 52.7 Å². The van der Waals surface area contributed by atoms with Gasteiger partial charge in [-0.15, -0.1) is 45.3 Å². The Hall–Kier alpha value is -9.31. The fraction of sp³-hybridized carbons (Fsp3) is 0.537. The van der Waals surface area contributed by atoms with Crippen molar-refractivity contribution in [2.75, 3.05) is 73.7 Å². The second-order valence-corrected chi connectivity index (χ2v) is 33.4. The van der Waals surface area contributed by atoms with Crippen molar-refractivity contribution in [3.63, 3.8) is 0 Å². The molecule has 0 aromatic carbocycles. The summed E-state index contributed by atoms with van der Waals surface area (Å²) in [6, 6.07) is 0. The lowest BCUT2D eigenvalue weighted by Gasteiger charge is -2.18. The summed E-state index contributed by atoms with van der Waals surface area (Å²) in [5, 5.41) is 23.8. The smallest absolute Gasteiger partial charge is 0.413 e. The number of carbonyl (C=O) groups is 11. The summed E-state index contributed by atoms with van der Waals surface area (Å²) in [6.07, 6.45) is 13.9. The second kappa shape index (κ2) is 46.6. The number of hydrogen-bond acceptors (Lipinski definition) is 31. The Morgan fingerprint density at radius 2 is 0.717 bits per heavy atom. The van der Waals surface area contributed by atoms with E-state index in [1.54, 1.807) is 193 Å². The fourth-order valence-electron chi connectivity index (χ4n) is 6.59. The molecule has 33 nitrogen and oxygen atoms in total. The maximum Gasteiger partial charge on any atom is 0.413 e.